The fraction of sp³-hybridized carbons (Fsp3) is 0.462. The van der Waals surface area contributed by atoms with Gasteiger partial charge in [-0.2, -0.15) is 0 Å². The summed E-state index contributed by atoms with van der Waals surface area (Å²) >= 11 is -2.20. The van der Waals surface area contributed by atoms with E-state index in [1.165, 1.54) is 0 Å². The Bertz CT molecular complexity index is 356. The van der Waals surface area contributed by atoms with Crippen molar-refractivity contribution in [3.8, 4) is 0 Å². The number of ketones is 1. The summed E-state index contributed by atoms with van der Waals surface area (Å²) in [5, 5.41) is 0. The van der Waals surface area contributed by atoms with Crippen molar-refractivity contribution in [2.24, 2.45) is 0 Å². The first-order chi connectivity index (χ1) is 7.10. The van der Waals surface area contributed by atoms with Crippen LogP contribution < -0.4 is 3.58 Å². The maximum absolute atomic E-state index is 11.4. The van der Waals surface area contributed by atoms with Crippen LogP contribution in [-0.2, 0) is 4.79 Å². The van der Waals surface area contributed by atoms with Crippen molar-refractivity contribution in [2.75, 3.05) is 0 Å². The third-order valence-corrected chi connectivity index (χ3v) is 16.2. The standard InChI is InChI=1S/C6H5.C5H7O.2CH3.Sn/c1-2-4-6-5-3-1;6-5-3-1-2-4-5;;;/h1-5H;1H,2-4H2;2*1H3;. The summed E-state index contributed by atoms with van der Waals surface area (Å²) in [7, 11) is 0. The van der Waals surface area contributed by atoms with Gasteiger partial charge in [-0.3, -0.25) is 0 Å². The normalized spacial score (nSPS) is 22.0. The predicted octanol–water partition coefficient (Wildman–Crippen LogP) is 2.73. The Labute approximate surface area is 95.8 Å². The van der Waals surface area contributed by atoms with Crippen molar-refractivity contribution >= 4 is 27.7 Å². The summed E-state index contributed by atoms with van der Waals surface area (Å²) in [5.41, 5.74) is 0. The van der Waals surface area contributed by atoms with Crippen LogP contribution in [0.2, 0.25) is 13.8 Å². The molecule has 0 spiro atoms. The summed E-state index contributed by atoms with van der Waals surface area (Å²) < 4.78 is 2.29. The summed E-state index contributed by atoms with van der Waals surface area (Å²) in [6.07, 6.45) is 2.84. The van der Waals surface area contributed by atoms with Gasteiger partial charge in [0.05, 0.1) is 0 Å². The Morgan fingerprint density at radius 2 is 1.87 bits per heavy atom. The molecule has 2 heteroatoms. The van der Waals surface area contributed by atoms with Gasteiger partial charge >= 0.3 is 95.9 Å². The minimum absolute atomic E-state index is 0.487. The van der Waals surface area contributed by atoms with E-state index in [0.29, 0.717) is 5.78 Å². The van der Waals surface area contributed by atoms with E-state index in [1.807, 2.05) is 0 Å². The van der Waals surface area contributed by atoms with E-state index in [-0.39, 0.29) is 0 Å². The number of benzene rings is 1. The minimum atomic E-state index is -2.20. The van der Waals surface area contributed by atoms with Gasteiger partial charge in [-0.15, -0.1) is 0 Å². The fourth-order valence-electron chi connectivity index (χ4n) is 2.53. The summed E-state index contributed by atoms with van der Waals surface area (Å²) in [4.78, 5) is 16.3. The van der Waals surface area contributed by atoms with Crippen LogP contribution in [0.3, 0.4) is 0 Å². The molecule has 0 amide bonds. The zero-order valence-electron chi connectivity index (χ0n) is 9.49. The Kier molecular flexibility index (Phi) is 3.19. The average Bonchev–Trinajstić information content (AvgIpc) is 2.67. The molecule has 1 aromatic rings. The molecule has 0 aliphatic heterocycles. The van der Waals surface area contributed by atoms with Crippen molar-refractivity contribution in [3.63, 3.8) is 0 Å². The van der Waals surface area contributed by atoms with E-state index < -0.39 is 18.4 Å². The zero-order valence-corrected chi connectivity index (χ0v) is 12.3. The Hall–Kier alpha value is -0.311. The van der Waals surface area contributed by atoms with Crippen LogP contribution in [0.4, 0.5) is 0 Å². The molecule has 0 saturated heterocycles. The summed E-state index contributed by atoms with van der Waals surface area (Å²) in [5.74, 6) is 0.487. The molecule has 2 rings (SSSR count). The predicted molar refractivity (Wildman–Crippen MR) is 66.2 cm³/mol. The molecular weight excluding hydrogens is 291 g/mol. The molecular formula is C13H18OSn. The van der Waals surface area contributed by atoms with Gasteiger partial charge in [-0.1, -0.05) is 0 Å². The molecule has 1 aliphatic carbocycles. The molecule has 80 valence electrons. The van der Waals surface area contributed by atoms with Crippen molar-refractivity contribution in [3.05, 3.63) is 30.3 Å². The topological polar surface area (TPSA) is 17.1 Å². The van der Waals surface area contributed by atoms with Gasteiger partial charge in [-0.05, 0) is 0 Å². The van der Waals surface area contributed by atoms with Crippen LogP contribution in [0.15, 0.2) is 30.3 Å². The van der Waals surface area contributed by atoms with Crippen molar-refractivity contribution in [2.45, 2.75) is 33.1 Å². The Balaban J connectivity index is 2.23. The van der Waals surface area contributed by atoms with E-state index in [9.17, 15) is 4.79 Å². The monoisotopic (exact) mass is 310 g/mol. The Morgan fingerprint density at radius 3 is 2.40 bits per heavy atom. The molecule has 0 aromatic heterocycles. The quantitative estimate of drug-likeness (QED) is 0.768. The summed E-state index contributed by atoms with van der Waals surface area (Å²) in [6, 6.07) is 10.9. The van der Waals surface area contributed by atoms with E-state index in [1.54, 1.807) is 3.58 Å². The second kappa shape index (κ2) is 4.28. The van der Waals surface area contributed by atoms with Gasteiger partial charge in [0, 0.05) is 0 Å². The molecule has 0 heterocycles. The van der Waals surface area contributed by atoms with Gasteiger partial charge in [0.25, 0.3) is 0 Å². The van der Waals surface area contributed by atoms with E-state index in [4.69, 9.17) is 0 Å². The molecule has 1 aromatic carbocycles. The van der Waals surface area contributed by atoms with E-state index >= 15 is 0 Å². The van der Waals surface area contributed by atoms with Crippen LogP contribution in [0.5, 0.6) is 0 Å². The zero-order chi connectivity index (χ0) is 10.9. The molecule has 15 heavy (non-hydrogen) atoms. The number of Topliss-reactive ketones (excluding diaryl/α,β-unsaturated/α-hetero) is 1. The first-order valence-corrected chi connectivity index (χ1v) is 14.5. The number of rotatable bonds is 2. The van der Waals surface area contributed by atoms with Crippen molar-refractivity contribution in [1.29, 1.82) is 0 Å². The Morgan fingerprint density at radius 1 is 1.20 bits per heavy atom. The molecule has 0 radical (unpaired) electrons. The number of carbonyl (C=O) groups excluding carboxylic acids is 1. The molecule has 1 aliphatic rings. The van der Waals surface area contributed by atoms with Crippen molar-refractivity contribution < 1.29 is 4.79 Å². The number of carbonyl (C=O) groups is 1. The van der Waals surface area contributed by atoms with Crippen LogP contribution >= 0.6 is 0 Å². The van der Waals surface area contributed by atoms with Crippen LogP contribution in [0.1, 0.15) is 19.3 Å². The second-order valence-corrected chi connectivity index (χ2v) is 18.9. The van der Waals surface area contributed by atoms with Gasteiger partial charge in [0.2, 0.25) is 0 Å². The van der Waals surface area contributed by atoms with Gasteiger partial charge in [0.1, 0.15) is 0 Å². The van der Waals surface area contributed by atoms with Crippen LogP contribution in [-0.4, -0.2) is 24.2 Å². The molecule has 1 fully saturated rings. The van der Waals surface area contributed by atoms with Gasteiger partial charge < -0.3 is 0 Å². The third kappa shape index (κ3) is 2.27. The molecule has 1 nitrogen and oxygen atoms in total. The summed E-state index contributed by atoms with van der Waals surface area (Å²) in [6.45, 7) is 0. The fourth-order valence-corrected chi connectivity index (χ4v) is 11.5. The second-order valence-electron chi connectivity index (χ2n) is 5.07. The molecule has 1 unspecified atom stereocenters. The van der Waals surface area contributed by atoms with Crippen LogP contribution in [0, 0.1) is 0 Å². The average molecular weight is 309 g/mol. The van der Waals surface area contributed by atoms with E-state index in [0.717, 1.165) is 23.2 Å². The third-order valence-electron chi connectivity index (χ3n) is 3.78. The number of hydrogen-bond donors (Lipinski definition) is 0. The van der Waals surface area contributed by atoms with Crippen LogP contribution in [0.25, 0.3) is 0 Å². The van der Waals surface area contributed by atoms with Crippen molar-refractivity contribution in [1.82, 2.24) is 0 Å². The molecule has 0 bridgehead atoms. The maximum atomic E-state index is 11.4. The molecule has 0 N–H and O–H groups in total. The first kappa shape index (κ1) is 11.2. The van der Waals surface area contributed by atoms with Gasteiger partial charge in [-0.25, -0.2) is 0 Å². The molecule has 1 saturated carbocycles. The molecule has 1 atom stereocenters. The van der Waals surface area contributed by atoms with Gasteiger partial charge in [0.15, 0.2) is 0 Å². The number of hydrogen-bond acceptors (Lipinski definition) is 1. The van der Waals surface area contributed by atoms with E-state index in [2.05, 4.69) is 40.2 Å². The SMILES string of the molecule is [CH3][Sn]([CH3])([c]1ccccc1)[CH]1CCC(=O)C1. The first-order valence-electron chi connectivity index (χ1n) is 5.68.